The lowest BCUT2D eigenvalue weighted by atomic mass is 9.99. The molecule has 1 rings (SSSR count). The van der Waals surface area contributed by atoms with E-state index in [4.69, 9.17) is 4.74 Å². The summed E-state index contributed by atoms with van der Waals surface area (Å²) in [5.74, 6) is 0. The average Bonchev–Trinajstić information content (AvgIpc) is 2.18. The number of nitrogens with zero attached hydrogens (tertiary/aromatic N) is 1. The van der Waals surface area contributed by atoms with Crippen molar-refractivity contribution in [2.75, 3.05) is 33.9 Å². The number of methoxy groups -OCH3 is 1. The van der Waals surface area contributed by atoms with Crippen LogP contribution in [-0.2, 0) is 4.74 Å². The number of hydrogen-bond acceptors (Lipinski definition) is 3. The molecule has 1 aliphatic rings. The van der Waals surface area contributed by atoms with Gasteiger partial charge in [0, 0.05) is 25.8 Å². The lowest BCUT2D eigenvalue weighted by Crippen LogP contribution is -2.45. The summed E-state index contributed by atoms with van der Waals surface area (Å²) in [6.45, 7) is 5.50. The third-order valence-electron chi connectivity index (χ3n) is 3.17. The van der Waals surface area contributed by atoms with Crippen molar-refractivity contribution >= 4 is 0 Å². The van der Waals surface area contributed by atoms with Gasteiger partial charge in [0.25, 0.3) is 0 Å². The van der Waals surface area contributed by atoms with Crippen LogP contribution < -0.4 is 5.32 Å². The minimum absolute atomic E-state index is 0.720. The van der Waals surface area contributed by atoms with Crippen molar-refractivity contribution in [3.8, 4) is 0 Å². The molecule has 0 amide bonds. The molecule has 0 radical (unpaired) electrons. The standard InChI is InChI=1S/C11H24N2O/c1-10-9-11(5-7-13(10)2)12-6-4-8-14-3/h10-12H,4-9H2,1-3H3. The van der Waals surface area contributed by atoms with Crippen molar-refractivity contribution < 1.29 is 4.74 Å². The Balaban J connectivity index is 2.07. The van der Waals surface area contributed by atoms with E-state index in [1.54, 1.807) is 7.11 Å². The van der Waals surface area contributed by atoms with E-state index in [0.29, 0.717) is 0 Å². The Morgan fingerprint density at radius 3 is 2.93 bits per heavy atom. The van der Waals surface area contributed by atoms with Gasteiger partial charge in [0.1, 0.15) is 0 Å². The van der Waals surface area contributed by atoms with Crippen LogP contribution >= 0.6 is 0 Å². The van der Waals surface area contributed by atoms with Crippen molar-refractivity contribution in [2.45, 2.75) is 38.3 Å². The predicted octanol–water partition coefficient (Wildman–Crippen LogP) is 1.10. The topological polar surface area (TPSA) is 24.5 Å². The highest BCUT2D eigenvalue weighted by atomic mass is 16.5. The van der Waals surface area contributed by atoms with Crippen LogP contribution in [0.2, 0.25) is 0 Å². The quantitative estimate of drug-likeness (QED) is 0.673. The third kappa shape index (κ3) is 3.95. The second-order valence-electron chi connectivity index (χ2n) is 4.35. The zero-order chi connectivity index (χ0) is 10.4. The molecule has 3 heteroatoms. The zero-order valence-corrected chi connectivity index (χ0v) is 9.75. The summed E-state index contributed by atoms with van der Waals surface area (Å²) in [7, 11) is 3.98. The monoisotopic (exact) mass is 200 g/mol. The van der Waals surface area contributed by atoms with E-state index >= 15 is 0 Å². The Hall–Kier alpha value is -0.120. The fourth-order valence-electron chi connectivity index (χ4n) is 2.00. The molecule has 14 heavy (non-hydrogen) atoms. The van der Waals surface area contributed by atoms with E-state index in [1.165, 1.54) is 19.4 Å². The summed E-state index contributed by atoms with van der Waals surface area (Å²) in [4.78, 5) is 2.44. The van der Waals surface area contributed by atoms with Crippen molar-refractivity contribution in [3.05, 3.63) is 0 Å². The van der Waals surface area contributed by atoms with Gasteiger partial charge >= 0.3 is 0 Å². The summed E-state index contributed by atoms with van der Waals surface area (Å²) in [5, 5.41) is 3.60. The highest BCUT2D eigenvalue weighted by molar-refractivity contribution is 4.80. The Bertz CT molecular complexity index is 152. The van der Waals surface area contributed by atoms with E-state index in [9.17, 15) is 0 Å². The van der Waals surface area contributed by atoms with Crippen LogP contribution in [0.5, 0.6) is 0 Å². The Morgan fingerprint density at radius 2 is 2.29 bits per heavy atom. The molecule has 1 aliphatic heterocycles. The second-order valence-corrected chi connectivity index (χ2v) is 4.35. The fourth-order valence-corrected chi connectivity index (χ4v) is 2.00. The number of rotatable bonds is 5. The first-order valence-corrected chi connectivity index (χ1v) is 5.66. The molecule has 0 saturated carbocycles. The summed E-state index contributed by atoms with van der Waals surface area (Å²) >= 11 is 0. The van der Waals surface area contributed by atoms with Gasteiger partial charge in [0.15, 0.2) is 0 Å². The van der Waals surface area contributed by atoms with E-state index in [1.807, 2.05) is 0 Å². The summed E-state index contributed by atoms with van der Waals surface area (Å²) in [6, 6.07) is 1.45. The molecule has 1 fully saturated rings. The Morgan fingerprint density at radius 1 is 1.50 bits per heavy atom. The van der Waals surface area contributed by atoms with Crippen LogP contribution in [0, 0.1) is 0 Å². The predicted molar refractivity (Wildman–Crippen MR) is 59.6 cm³/mol. The van der Waals surface area contributed by atoms with Gasteiger partial charge < -0.3 is 15.0 Å². The first kappa shape index (κ1) is 12.0. The SMILES string of the molecule is COCCCNC1CCN(C)C(C)C1. The average molecular weight is 200 g/mol. The molecule has 3 nitrogen and oxygen atoms in total. The van der Waals surface area contributed by atoms with Gasteiger partial charge in [0.2, 0.25) is 0 Å². The van der Waals surface area contributed by atoms with Crippen LogP contribution in [0.25, 0.3) is 0 Å². The van der Waals surface area contributed by atoms with Crippen LogP contribution in [0.1, 0.15) is 26.2 Å². The van der Waals surface area contributed by atoms with Crippen LogP contribution in [0.3, 0.4) is 0 Å². The maximum Gasteiger partial charge on any atom is 0.0474 e. The van der Waals surface area contributed by atoms with Crippen LogP contribution in [-0.4, -0.2) is 50.8 Å². The lowest BCUT2D eigenvalue weighted by molar-refractivity contribution is 0.162. The van der Waals surface area contributed by atoms with Crippen molar-refractivity contribution in [3.63, 3.8) is 0 Å². The molecule has 1 N–H and O–H groups in total. The smallest absolute Gasteiger partial charge is 0.0474 e. The van der Waals surface area contributed by atoms with Gasteiger partial charge in [-0.05, 0) is 46.3 Å². The first-order valence-electron chi connectivity index (χ1n) is 5.66. The molecule has 0 aromatic heterocycles. The molecule has 84 valence electrons. The molecule has 2 unspecified atom stereocenters. The van der Waals surface area contributed by atoms with Gasteiger partial charge in [-0.3, -0.25) is 0 Å². The molecule has 0 aromatic rings. The molecule has 0 spiro atoms. The summed E-state index contributed by atoms with van der Waals surface area (Å²) in [6.07, 6.45) is 3.69. The molecule has 0 aliphatic carbocycles. The third-order valence-corrected chi connectivity index (χ3v) is 3.17. The second kappa shape index (κ2) is 6.38. The lowest BCUT2D eigenvalue weighted by Gasteiger charge is -2.35. The largest absolute Gasteiger partial charge is 0.385 e. The molecular formula is C11H24N2O. The molecule has 2 atom stereocenters. The summed E-state index contributed by atoms with van der Waals surface area (Å²) in [5.41, 5.74) is 0. The maximum absolute atomic E-state index is 5.02. The van der Waals surface area contributed by atoms with Crippen molar-refractivity contribution in [1.29, 1.82) is 0 Å². The highest BCUT2D eigenvalue weighted by Crippen LogP contribution is 2.14. The van der Waals surface area contributed by atoms with Crippen LogP contribution in [0.15, 0.2) is 0 Å². The maximum atomic E-state index is 5.02. The van der Waals surface area contributed by atoms with Gasteiger partial charge in [-0.2, -0.15) is 0 Å². The van der Waals surface area contributed by atoms with E-state index < -0.39 is 0 Å². The number of likely N-dealkylation sites (tertiary alicyclic amines) is 1. The van der Waals surface area contributed by atoms with Gasteiger partial charge in [-0.15, -0.1) is 0 Å². The number of hydrogen-bond donors (Lipinski definition) is 1. The van der Waals surface area contributed by atoms with E-state index in [-0.39, 0.29) is 0 Å². The van der Waals surface area contributed by atoms with Crippen LogP contribution in [0.4, 0.5) is 0 Å². The Labute approximate surface area is 87.8 Å². The summed E-state index contributed by atoms with van der Waals surface area (Å²) < 4.78 is 5.02. The minimum Gasteiger partial charge on any atom is -0.385 e. The van der Waals surface area contributed by atoms with Gasteiger partial charge in [-0.25, -0.2) is 0 Å². The number of nitrogens with one attached hydrogen (secondary N) is 1. The van der Waals surface area contributed by atoms with Crippen molar-refractivity contribution in [2.24, 2.45) is 0 Å². The van der Waals surface area contributed by atoms with E-state index in [2.05, 4.69) is 24.2 Å². The number of ether oxygens (including phenoxy) is 1. The van der Waals surface area contributed by atoms with Gasteiger partial charge in [-0.1, -0.05) is 0 Å². The molecule has 0 bridgehead atoms. The van der Waals surface area contributed by atoms with Crippen molar-refractivity contribution in [1.82, 2.24) is 10.2 Å². The fraction of sp³-hybridized carbons (Fsp3) is 1.00. The van der Waals surface area contributed by atoms with Gasteiger partial charge in [0.05, 0.1) is 0 Å². The molecule has 1 heterocycles. The normalized spacial score (nSPS) is 29.4. The molecule has 0 aromatic carbocycles. The minimum atomic E-state index is 0.720. The molecule has 1 saturated heterocycles. The van der Waals surface area contributed by atoms with E-state index in [0.717, 1.165) is 31.7 Å². The molecular weight excluding hydrogens is 176 g/mol. The first-order chi connectivity index (χ1) is 6.74. The Kier molecular flexibility index (Phi) is 5.45. The number of piperidine rings is 1. The highest BCUT2D eigenvalue weighted by Gasteiger charge is 2.21. The zero-order valence-electron chi connectivity index (χ0n) is 9.75.